The van der Waals surface area contributed by atoms with Gasteiger partial charge < -0.3 is 10.6 Å². The lowest BCUT2D eigenvalue weighted by Crippen LogP contribution is -2.10. The minimum atomic E-state index is 0.649. The second kappa shape index (κ2) is 5.26. The monoisotopic (exact) mass is 254 g/mol. The fourth-order valence-electron chi connectivity index (χ4n) is 2.24. The number of nitrogens with zero attached hydrogens (tertiary/aromatic N) is 2. The van der Waals surface area contributed by atoms with E-state index in [0.717, 1.165) is 11.4 Å². The summed E-state index contributed by atoms with van der Waals surface area (Å²) in [5.41, 5.74) is 3.32. The normalized spacial score (nSPS) is 14.8. The summed E-state index contributed by atoms with van der Waals surface area (Å²) in [5, 5.41) is 6.33. The van der Waals surface area contributed by atoms with E-state index in [1.807, 2.05) is 43.7 Å². The first-order valence-corrected chi connectivity index (χ1v) is 6.72. The van der Waals surface area contributed by atoms with Crippen LogP contribution < -0.4 is 10.6 Å². The Morgan fingerprint density at radius 3 is 2.47 bits per heavy atom. The second-order valence-electron chi connectivity index (χ2n) is 4.92. The minimum absolute atomic E-state index is 0.649. The zero-order valence-electron chi connectivity index (χ0n) is 11.1. The third-order valence-corrected chi connectivity index (χ3v) is 3.66. The summed E-state index contributed by atoms with van der Waals surface area (Å²) in [6.07, 6.45) is 7.78. The number of hydrogen-bond acceptors (Lipinski definition) is 4. The van der Waals surface area contributed by atoms with Gasteiger partial charge in [0.15, 0.2) is 0 Å². The Morgan fingerprint density at radius 2 is 1.84 bits per heavy atom. The van der Waals surface area contributed by atoms with E-state index < -0.39 is 0 Å². The summed E-state index contributed by atoms with van der Waals surface area (Å²) < 4.78 is 0. The summed E-state index contributed by atoms with van der Waals surface area (Å²) in [5.74, 6) is 1.33. The van der Waals surface area contributed by atoms with Crippen LogP contribution >= 0.6 is 0 Å². The van der Waals surface area contributed by atoms with Crippen molar-refractivity contribution in [2.45, 2.75) is 25.2 Å². The van der Waals surface area contributed by atoms with Crippen molar-refractivity contribution in [2.75, 3.05) is 17.7 Å². The van der Waals surface area contributed by atoms with Gasteiger partial charge in [0.05, 0.1) is 0 Å². The van der Waals surface area contributed by atoms with Crippen molar-refractivity contribution in [2.24, 2.45) is 0 Å². The molecular formula is C15H18N4. The molecule has 1 aromatic heterocycles. The molecule has 0 unspecified atom stereocenters. The van der Waals surface area contributed by atoms with Crippen LogP contribution in [0, 0.1) is 0 Å². The molecular weight excluding hydrogens is 236 g/mol. The summed E-state index contributed by atoms with van der Waals surface area (Å²) in [4.78, 5) is 8.78. The summed E-state index contributed by atoms with van der Waals surface area (Å²) >= 11 is 0. The van der Waals surface area contributed by atoms with Crippen LogP contribution in [0.2, 0.25) is 0 Å². The largest absolute Gasteiger partial charge is 0.388 e. The molecule has 0 spiro atoms. The third-order valence-electron chi connectivity index (χ3n) is 3.66. The molecule has 0 aliphatic heterocycles. The molecule has 19 heavy (non-hydrogen) atoms. The van der Waals surface area contributed by atoms with E-state index in [-0.39, 0.29) is 0 Å². The van der Waals surface area contributed by atoms with Gasteiger partial charge >= 0.3 is 0 Å². The van der Waals surface area contributed by atoms with Crippen LogP contribution in [-0.4, -0.2) is 17.0 Å². The number of aromatic nitrogens is 2. The van der Waals surface area contributed by atoms with E-state index in [1.165, 1.54) is 24.8 Å². The van der Waals surface area contributed by atoms with Crippen LogP contribution in [0.25, 0.3) is 0 Å². The van der Waals surface area contributed by atoms with Gasteiger partial charge in [-0.3, -0.25) is 0 Å². The standard InChI is InChI=1S/C15H18N4/c1-16-13-6-3-7-14(8-13)19-15-17-9-12(10-18-15)11-4-2-5-11/h3,6-11,16H,2,4-5H2,1H3,(H,17,18,19). The molecule has 0 bridgehead atoms. The number of hydrogen-bond donors (Lipinski definition) is 2. The quantitative estimate of drug-likeness (QED) is 0.876. The van der Waals surface area contributed by atoms with Gasteiger partial charge in [-0.25, -0.2) is 9.97 Å². The van der Waals surface area contributed by atoms with Gasteiger partial charge in [-0.1, -0.05) is 12.5 Å². The zero-order chi connectivity index (χ0) is 13.1. The van der Waals surface area contributed by atoms with E-state index >= 15 is 0 Å². The maximum absolute atomic E-state index is 4.39. The Balaban J connectivity index is 1.71. The Labute approximate surface area is 113 Å². The van der Waals surface area contributed by atoms with Crippen LogP contribution in [0.3, 0.4) is 0 Å². The predicted octanol–water partition coefficient (Wildman–Crippen LogP) is 3.53. The van der Waals surface area contributed by atoms with Gasteiger partial charge in [0.25, 0.3) is 0 Å². The first-order chi connectivity index (χ1) is 9.35. The number of benzene rings is 1. The molecule has 0 saturated heterocycles. The van der Waals surface area contributed by atoms with Crippen LogP contribution in [0.15, 0.2) is 36.7 Å². The first kappa shape index (κ1) is 12.0. The highest BCUT2D eigenvalue weighted by atomic mass is 15.1. The summed E-state index contributed by atoms with van der Waals surface area (Å²) in [7, 11) is 1.91. The molecule has 1 aliphatic rings. The van der Waals surface area contributed by atoms with Crippen LogP contribution in [-0.2, 0) is 0 Å². The molecule has 0 radical (unpaired) electrons. The maximum atomic E-state index is 4.39. The van der Waals surface area contributed by atoms with Gasteiger partial charge in [-0.15, -0.1) is 0 Å². The molecule has 1 aliphatic carbocycles. The van der Waals surface area contributed by atoms with E-state index in [9.17, 15) is 0 Å². The van der Waals surface area contributed by atoms with E-state index in [0.29, 0.717) is 11.9 Å². The van der Waals surface area contributed by atoms with Crippen molar-refractivity contribution in [1.82, 2.24) is 9.97 Å². The lowest BCUT2D eigenvalue weighted by atomic mass is 9.81. The Bertz CT molecular complexity index is 546. The highest BCUT2D eigenvalue weighted by Crippen LogP contribution is 2.35. The molecule has 1 fully saturated rings. The topological polar surface area (TPSA) is 49.8 Å². The van der Waals surface area contributed by atoms with Crippen LogP contribution in [0.4, 0.5) is 17.3 Å². The van der Waals surface area contributed by atoms with Gasteiger partial charge in [-0.05, 0) is 42.5 Å². The molecule has 2 N–H and O–H groups in total. The minimum Gasteiger partial charge on any atom is -0.388 e. The smallest absolute Gasteiger partial charge is 0.227 e. The van der Waals surface area contributed by atoms with E-state index in [1.54, 1.807) is 0 Å². The maximum Gasteiger partial charge on any atom is 0.227 e. The Morgan fingerprint density at radius 1 is 1.11 bits per heavy atom. The van der Waals surface area contributed by atoms with Gasteiger partial charge in [0.2, 0.25) is 5.95 Å². The number of nitrogens with one attached hydrogen (secondary N) is 2. The molecule has 1 heterocycles. The molecule has 0 amide bonds. The second-order valence-corrected chi connectivity index (χ2v) is 4.92. The van der Waals surface area contributed by atoms with Crippen LogP contribution in [0.5, 0.6) is 0 Å². The number of rotatable bonds is 4. The Hall–Kier alpha value is -2.10. The fourth-order valence-corrected chi connectivity index (χ4v) is 2.24. The highest BCUT2D eigenvalue weighted by Gasteiger charge is 2.19. The van der Waals surface area contributed by atoms with Crippen molar-refractivity contribution < 1.29 is 0 Å². The molecule has 2 aromatic rings. The van der Waals surface area contributed by atoms with Crippen molar-refractivity contribution in [3.05, 3.63) is 42.2 Å². The molecule has 1 saturated carbocycles. The zero-order valence-corrected chi connectivity index (χ0v) is 11.1. The van der Waals surface area contributed by atoms with Gasteiger partial charge in [0.1, 0.15) is 0 Å². The fraction of sp³-hybridized carbons (Fsp3) is 0.333. The van der Waals surface area contributed by atoms with Crippen molar-refractivity contribution in [1.29, 1.82) is 0 Å². The SMILES string of the molecule is CNc1cccc(Nc2ncc(C3CCC3)cn2)c1. The van der Waals surface area contributed by atoms with Crippen molar-refractivity contribution >= 4 is 17.3 Å². The lowest BCUT2D eigenvalue weighted by molar-refractivity contribution is 0.418. The van der Waals surface area contributed by atoms with Gasteiger partial charge in [-0.2, -0.15) is 0 Å². The molecule has 1 aromatic carbocycles. The molecule has 3 rings (SSSR count). The average molecular weight is 254 g/mol. The average Bonchev–Trinajstić information content (AvgIpc) is 2.39. The van der Waals surface area contributed by atoms with E-state index in [2.05, 4.69) is 20.6 Å². The molecule has 4 nitrogen and oxygen atoms in total. The first-order valence-electron chi connectivity index (χ1n) is 6.72. The van der Waals surface area contributed by atoms with E-state index in [4.69, 9.17) is 0 Å². The molecule has 4 heteroatoms. The highest BCUT2D eigenvalue weighted by molar-refractivity contribution is 5.60. The summed E-state index contributed by atoms with van der Waals surface area (Å²) in [6.45, 7) is 0. The number of anilines is 3. The van der Waals surface area contributed by atoms with Crippen molar-refractivity contribution in [3.8, 4) is 0 Å². The van der Waals surface area contributed by atoms with Crippen LogP contribution in [0.1, 0.15) is 30.7 Å². The molecule has 98 valence electrons. The summed E-state index contributed by atoms with van der Waals surface area (Å²) in [6, 6.07) is 8.05. The lowest BCUT2D eigenvalue weighted by Gasteiger charge is -2.24. The third kappa shape index (κ3) is 2.67. The van der Waals surface area contributed by atoms with Crippen molar-refractivity contribution in [3.63, 3.8) is 0 Å². The Kier molecular flexibility index (Phi) is 3.31. The molecule has 0 atom stereocenters. The van der Waals surface area contributed by atoms with Gasteiger partial charge in [0, 0.05) is 30.8 Å². The predicted molar refractivity (Wildman–Crippen MR) is 77.9 cm³/mol.